The Balaban J connectivity index is 1.86. The van der Waals surface area contributed by atoms with Crippen molar-refractivity contribution in [2.75, 3.05) is 13.7 Å². The van der Waals surface area contributed by atoms with E-state index in [-0.39, 0.29) is 6.04 Å². The van der Waals surface area contributed by atoms with Crippen LogP contribution >= 0.6 is 11.6 Å². The van der Waals surface area contributed by atoms with E-state index in [9.17, 15) is 0 Å². The molecule has 0 saturated carbocycles. The van der Waals surface area contributed by atoms with Crippen molar-refractivity contribution in [2.24, 2.45) is 7.05 Å². The van der Waals surface area contributed by atoms with Gasteiger partial charge in [0.25, 0.3) is 0 Å². The van der Waals surface area contributed by atoms with Crippen LogP contribution in [0.15, 0.2) is 54.9 Å². The highest BCUT2D eigenvalue weighted by Gasteiger charge is 2.18. The molecule has 0 aliphatic carbocycles. The van der Waals surface area contributed by atoms with Crippen LogP contribution in [0.4, 0.5) is 0 Å². The fraction of sp³-hybridized carbons (Fsp3) is 0.286. The van der Waals surface area contributed by atoms with Crippen LogP contribution in [0.25, 0.3) is 0 Å². The van der Waals surface area contributed by atoms with E-state index in [0.29, 0.717) is 29.7 Å². The number of aryl methyl sites for hydroxylation is 1. The highest BCUT2D eigenvalue weighted by Crippen LogP contribution is 2.36. The minimum atomic E-state index is -0.0393. The predicted octanol–water partition coefficient (Wildman–Crippen LogP) is 4.36. The average molecular weight is 386 g/mol. The molecule has 1 aromatic heterocycles. The molecule has 0 fully saturated rings. The van der Waals surface area contributed by atoms with E-state index in [1.54, 1.807) is 7.11 Å². The molecule has 5 nitrogen and oxygen atoms in total. The first-order chi connectivity index (χ1) is 13.1. The van der Waals surface area contributed by atoms with E-state index in [4.69, 9.17) is 21.1 Å². The fourth-order valence-electron chi connectivity index (χ4n) is 3.04. The van der Waals surface area contributed by atoms with Crippen molar-refractivity contribution in [3.05, 3.63) is 76.8 Å². The number of ether oxygens (including phenoxy) is 2. The number of rotatable bonds is 8. The van der Waals surface area contributed by atoms with E-state index in [0.717, 1.165) is 17.0 Å². The van der Waals surface area contributed by atoms with Gasteiger partial charge in [0.15, 0.2) is 11.5 Å². The number of nitrogens with zero attached hydrogens (tertiary/aromatic N) is 2. The Morgan fingerprint density at radius 2 is 2.00 bits per heavy atom. The Bertz CT molecular complexity index is 880. The molecule has 0 radical (unpaired) electrons. The molecule has 27 heavy (non-hydrogen) atoms. The molecule has 142 valence electrons. The first kappa shape index (κ1) is 19.3. The van der Waals surface area contributed by atoms with Gasteiger partial charge in [-0.25, -0.2) is 4.98 Å². The molecule has 0 spiro atoms. The Morgan fingerprint density at radius 1 is 1.22 bits per heavy atom. The van der Waals surface area contributed by atoms with Crippen molar-refractivity contribution in [3.63, 3.8) is 0 Å². The zero-order valence-electron chi connectivity index (χ0n) is 15.8. The molecule has 1 atom stereocenters. The van der Waals surface area contributed by atoms with Gasteiger partial charge in [-0.3, -0.25) is 5.32 Å². The van der Waals surface area contributed by atoms with Crippen LogP contribution < -0.4 is 14.8 Å². The molecule has 0 bridgehead atoms. The van der Waals surface area contributed by atoms with Crippen LogP contribution in [-0.4, -0.2) is 23.3 Å². The predicted molar refractivity (Wildman–Crippen MR) is 108 cm³/mol. The maximum absolute atomic E-state index is 6.40. The molecular weight excluding hydrogens is 362 g/mol. The fourth-order valence-corrected chi connectivity index (χ4v) is 3.33. The van der Waals surface area contributed by atoms with Crippen LogP contribution in [-0.2, 0) is 13.6 Å². The second kappa shape index (κ2) is 8.93. The largest absolute Gasteiger partial charge is 0.493 e. The average Bonchev–Trinajstić information content (AvgIpc) is 3.10. The van der Waals surface area contributed by atoms with Crippen molar-refractivity contribution >= 4 is 11.6 Å². The minimum Gasteiger partial charge on any atom is -0.493 e. The number of nitrogens with one attached hydrogen (secondary N) is 1. The number of benzene rings is 2. The van der Waals surface area contributed by atoms with Gasteiger partial charge in [0.2, 0.25) is 0 Å². The number of hydrogen-bond donors (Lipinski definition) is 1. The summed E-state index contributed by atoms with van der Waals surface area (Å²) in [7, 11) is 3.61. The van der Waals surface area contributed by atoms with Gasteiger partial charge in [-0.15, -0.1) is 0 Å². The summed E-state index contributed by atoms with van der Waals surface area (Å²) in [6, 6.07) is 14.1. The maximum Gasteiger partial charge on any atom is 0.179 e. The monoisotopic (exact) mass is 385 g/mol. The second-order valence-electron chi connectivity index (χ2n) is 6.16. The summed E-state index contributed by atoms with van der Waals surface area (Å²) < 4.78 is 13.1. The molecule has 2 aromatic carbocycles. The van der Waals surface area contributed by atoms with Crippen LogP contribution in [0.2, 0.25) is 5.02 Å². The van der Waals surface area contributed by atoms with Crippen LogP contribution in [0, 0.1) is 0 Å². The molecule has 6 heteroatoms. The minimum absolute atomic E-state index is 0.0393. The van der Waals surface area contributed by atoms with Gasteiger partial charge in [0, 0.05) is 26.0 Å². The molecule has 0 saturated heterocycles. The molecule has 1 heterocycles. The molecule has 1 N–H and O–H groups in total. The number of methoxy groups -OCH3 is 1. The number of imidazole rings is 1. The third-order valence-electron chi connectivity index (χ3n) is 4.34. The summed E-state index contributed by atoms with van der Waals surface area (Å²) in [5, 5.41) is 4.13. The lowest BCUT2D eigenvalue weighted by molar-refractivity contribution is 0.311. The Kier molecular flexibility index (Phi) is 6.37. The van der Waals surface area contributed by atoms with Crippen molar-refractivity contribution in [3.8, 4) is 11.5 Å². The van der Waals surface area contributed by atoms with Crippen LogP contribution in [0.1, 0.15) is 29.9 Å². The van der Waals surface area contributed by atoms with Crippen molar-refractivity contribution in [2.45, 2.75) is 19.5 Å². The zero-order chi connectivity index (χ0) is 19.2. The quantitative estimate of drug-likeness (QED) is 0.625. The Morgan fingerprint density at radius 3 is 2.63 bits per heavy atom. The van der Waals surface area contributed by atoms with Gasteiger partial charge >= 0.3 is 0 Å². The molecule has 1 unspecified atom stereocenters. The SMILES string of the molecule is CCOc1c(Cl)cc(CNC(c2ccccc2)c2nccn2C)cc1OC. The topological polar surface area (TPSA) is 48.3 Å². The van der Waals surface area contributed by atoms with Crippen molar-refractivity contribution < 1.29 is 9.47 Å². The van der Waals surface area contributed by atoms with Gasteiger partial charge in [-0.05, 0) is 30.2 Å². The first-order valence-corrected chi connectivity index (χ1v) is 9.26. The van der Waals surface area contributed by atoms with Crippen molar-refractivity contribution in [1.29, 1.82) is 0 Å². The lowest BCUT2D eigenvalue weighted by Gasteiger charge is -2.20. The van der Waals surface area contributed by atoms with Gasteiger partial charge < -0.3 is 14.0 Å². The lowest BCUT2D eigenvalue weighted by Crippen LogP contribution is -2.24. The first-order valence-electron chi connectivity index (χ1n) is 8.88. The normalized spacial score (nSPS) is 12.0. The Labute approximate surface area is 164 Å². The number of halogens is 1. The van der Waals surface area contributed by atoms with Gasteiger partial charge in [0.05, 0.1) is 24.8 Å². The van der Waals surface area contributed by atoms with E-state index in [1.807, 2.05) is 61.3 Å². The lowest BCUT2D eigenvalue weighted by atomic mass is 10.1. The summed E-state index contributed by atoms with van der Waals surface area (Å²) in [5.74, 6) is 2.16. The molecule has 0 amide bonds. The number of hydrogen-bond acceptors (Lipinski definition) is 4. The van der Waals surface area contributed by atoms with Gasteiger partial charge in [0.1, 0.15) is 5.82 Å². The molecule has 0 aliphatic rings. The van der Waals surface area contributed by atoms with E-state index >= 15 is 0 Å². The maximum atomic E-state index is 6.40. The molecular formula is C21H24ClN3O2. The van der Waals surface area contributed by atoms with Crippen LogP contribution in [0.5, 0.6) is 11.5 Å². The van der Waals surface area contributed by atoms with Gasteiger partial charge in [-0.2, -0.15) is 0 Å². The smallest absolute Gasteiger partial charge is 0.179 e. The summed E-state index contributed by atoms with van der Waals surface area (Å²) >= 11 is 6.40. The molecule has 3 rings (SSSR count). The highest BCUT2D eigenvalue weighted by molar-refractivity contribution is 6.32. The van der Waals surface area contributed by atoms with Crippen molar-refractivity contribution in [1.82, 2.24) is 14.9 Å². The standard InChI is InChI=1S/C21H24ClN3O2/c1-4-27-20-17(22)12-15(13-18(20)26-3)14-24-19(16-8-6-5-7-9-16)21-23-10-11-25(21)2/h5-13,19,24H,4,14H2,1-3H3. The highest BCUT2D eigenvalue weighted by atomic mass is 35.5. The van der Waals surface area contributed by atoms with Gasteiger partial charge in [-0.1, -0.05) is 41.9 Å². The second-order valence-corrected chi connectivity index (χ2v) is 6.57. The third kappa shape index (κ3) is 4.43. The van der Waals surface area contributed by atoms with E-state index in [2.05, 4.69) is 22.4 Å². The van der Waals surface area contributed by atoms with E-state index in [1.165, 1.54) is 0 Å². The summed E-state index contributed by atoms with van der Waals surface area (Å²) in [4.78, 5) is 4.52. The summed E-state index contributed by atoms with van der Waals surface area (Å²) in [5.41, 5.74) is 2.16. The third-order valence-corrected chi connectivity index (χ3v) is 4.62. The van der Waals surface area contributed by atoms with E-state index < -0.39 is 0 Å². The zero-order valence-corrected chi connectivity index (χ0v) is 16.5. The van der Waals surface area contributed by atoms with Crippen LogP contribution in [0.3, 0.4) is 0 Å². The summed E-state index contributed by atoms with van der Waals surface area (Å²) in [6.45, 7) is 3.06. The summed E-state index contributed by atoms with van der Waals surface area (Å²) in [6.07, 6.45) is 3.76. The Hall–Kier alpha value is -2.50. The number of aromatic nitrogens is 2. The molecule has 0 aliphatic heterocycles. The molecule has 3 aromatic rings.